The Kier molecular flexibility index (Phi) is 5.31. The second kappa shape index (κ2) is 7.63. The maximum absolute atomic E-state index is 12.2. The lowest BCUT2D eigenvalue weighted by Gasteiger charge is -2.05. The van der Waals surface area contributed by atoms with E-state index < -0.39 is 0 Å². The topological polar surface area (TPSA) is 69.3 Å². The Hall–Kier alpha value is -2.44. The van der Waals surface area contributed by atoms with Crippen LogP contribution in [0, 0.1) is 0 Å². The number of nitrogens with zero attached hydrogens (tertiary/aromatic N) is 2. The van der Waals surface area contributed by atoms with Crippen molar-refractivity contribution in [3.05, 3.63) is 69.9 Å². The van der Waals surface area contributed by atoms with Crippen molar-refractivity contribution >= 4 is 29.1 Å². The number of benzene rings is 1. The van der Waals surface area contributed by atoms with E-state index in [1.807, 2.05) is 0 Å². The Balaban J connectivity index is 1.55. The Labute approximate surface area is 154 Å². The lowest BCUT2D eigenvalue weighted by molar-refractivity contribution is 0.0918. The quantitative estimate of drug-likeness (QED) is 0.706. The first-order chi connectivity index (χ1) is 12.0. The van der Waals surface area contributed by atoms with E-state index in [0.29, 0.717) is 27.2 Å². The maximum atomic E-state index is 12.2. The van der Waals surface area contributed by atoms with Gasteiger partial charge in [-0.1, -0.05) is 23.2 Å². The molecule has 0 atom stereocenters. The smallest absolute Gasteiger partial charge is 0.287 e. The molecule has 0 aliphatic heterocycles. The molecule has 0 radical (unpaired) electrons. The number of hydrogen-bond acceptors (Lipinski definition) is 4. The summed E-state index contributed by atoms with van der Waals surface area (Å²) in [6, 6.07) is 10.3. The fourth-order valence-corrected chi connectivity index (χ4v) is 2.51. The van der Waals surface area contributed by atoms with E-state index in [4.69, 9.17) is 32.4 Å². The highest BCUT2D eigenvalue weighted by Crippen LogP contribution is 2.18. The molecule has 25 heavy (non-hydrogen) atoms. The standard InChI is InChI=1S/C17H15Cl2N3O3/c1-22-15(14(19)8-21-22)9-20-17(23)16-7-6-13(25-16)10-24-12-4-2-11(18)3-5-12/h2-8H,9-10H2,1H3,(H,20,23). The maximum Gasteiger partial charge on any atom is 0.287 e. The Bertz CT molecular complexity index is 852. The van der Waals surface area contributed by atoms with Crippen molar-refractivity contribution in [3.63, 3.8) is 0 Å². The molecule has 0 saturated heterocycles. The number of furan rings is 1. The molecule has 1 amide bonds. The minimum absolute atomic E-state index is 0.202. The van der Waals surface area contributed by atoms with Gasteiger partial charge < -0.3 is 14.5 Å². The van der Waals surface area contributed by atoms with E-state index >= 15 is 0 Å². The highest BCUT2D eigenvalue weighted by atomic mass is 35.5. The van der Waals surface area contributed by atoms with Crippen LogP contribution < -0.4 is 10.1 Å². The summed E-state index contributed by atoms with van der Waals surface area (Å²) in [5.74, 6) is 1.07. The number of hydrogen-bond donors (Lipinski definition) is 1. The van der Waals surface area contributed by atoms with Gasteiger partial charge in [0.15, 0.2) is 5.76 Å². The van der Waals surface area contributed by atoms with Gasteiger partial charge in [-0.25, -0.2) is 0 Å². The van der Waals surface area contributed by atoms with Crippen LogP contribution in [0.3, 0.4) is 0 Å². The monoisotopic (exact) mass is 379 g/mol. The number of aryl methyl sites for hydroxylation is 1. The zero-order chi connectivity index (χ0) is 17.8. The van der Waals surface area contributed by atoms with Crippen LogP contribution in [0.1, 0.15) is 22.0 Å². The van der Waals surface area contributed by atoms with Crippen LogP contribution in [-0.4, -0.2) is 15.7 Å². The molecule has 2 aromatic heterocycles. The van der Waals surface area contributed by atoms with Gasteiger partial charge in [0.25, 0.3) is 5.91 Å². The van der Waals surface area contributed by atoms with Gasteiger partial charge in [-0.2, -0.15) is 5.10 Å². The predicted octanol–water partition coefficient (Wildman–Crippen LogP) is 3.83. The van der Waals surface area contributed by atoms with Crippen LogP contribution >= 0.6 is 23.2 Å². The van der Waals surface area contributed by atoms with E-state index in [-0.39, 0.29) is 24.8 Å². The van der Waals surface area contributed by atoms with Gasteiger partial charge in [-0.15, -0.1) is 0 Å². The first kappa shape index (κ1) is 17.4. The molecule has 3 aromatic rings. The summed E-state index contributed by atoms with van der Waals surface area (Å²) < 4.78 is 12.7. The summed E-state index contributed by atoms with van der Waals surface area (Å²) in [5.41, 5.74) is 0.716. The fraction of sp³-hybridized carbons (Fsp3) is 0.176. The van der Waals surface area contributed by atoms with Crippen molar-refractivity contribution in [3.8, 4) is 5.75 Å². The molecule has 0 aliphatic carbocycles. The van der Waals surface area contributed by atoms with Crippen LogP contribution in [0.25, 0.3) is 0 Å². The van der Waals surface area contributed by atoms with Gasteiger partial charge in [0.2, 0.25) is 0 Å². The zero-order valence-corrected chi connectivity index (χ0v) is 14.8. The van der Waals surface area contributed by atoms with Crippen molar-refractivity contribution in [2.45, 2.75) is 13.2 Å². The van der Waals surface area contributed by atoms with Crippen LogP contribution in [0.4, 0.5) is 0 Å². The van der Waals surface area contributed by atoms with Crippen LogP contribution in [-0.2, 0) is 20.2 Å². The molecule has 0 bridgehead atoms. The molecular weight excluding hydrogens is 365 g/mol. The molecule has 3 rings (SSSR count). The third-order valence-electron chi connectivity index (χ3n) is 3.51. The van der Waals surface area contributed by atoms with Gasteiger partial charge >= 0.3 is 0 Å². The van der Waals surface area contributed by atoms with E-state index in [2.05, 4.69) is 10.4 Å². The number of nitrogens with one attached hydrogen (secondary N) is 1. The van der Waals surface area contributed by atoms with Gasteiger partial charge in [0.1, 0.15) is 18.1 Å². The number of rotatable bonds is 6. The van der Waals surface area contributed by atoms with Crippen molar-refractivity contribution < 1.29 is 13.9 Å². The second-order valence-corrected chi connectivity index (χ2v) is 6.10. The Morgan fingerprint density at radius 3 is 2.68 bits per heavy atom. The van der Waals surface area contributed by atoms with Gasteiger partial charge in [-0.05, 0) is 36.4 Å². The lowest BCUT2D eigenvalue weighted by atomic mass is 10.3. The first-order valence-corrected chi connectivity index (χ1v) is 8.20. The predicted molar refractivity (Wildman–Crippen MR) is 93.9 cm³/mol. The number of ether oxygens (including phenoxy) is 1. The van der Waals surface area contributed by atoms with Gasteiger partial charge in [-0.3, -0.25) is 9.48 Å². The molecule has 8 heteroatoms. The van der Waals surface area contributed by atoms with Crippen LogP contribution in [0.15, 0.2) is 47.0 Å². The molecule has 1 aromatic carbocycles. The number of carbonyl (C=O) groups is 1. The summed E-state index contributed by atoms with van der Waals surface area (Å²) >= 11 is 11.8. The molecule has 2 heterocycles. The molecule has 0 spiro atoms. The van der Waals surface area contributed by atoms with E-state index in [0.717, 1.165) is 0 Å². The molecule has 0 aliphatic rings. The molecule has 0 saturated carbocycles. The van der Waals surface area contributed by atoms with Crippen molar-refractivity contribution in [1.82, 2.24) is 15.1 Å². The summed E-state index contributed by atoms with van der Waals surface area (Å²) in [7, 11) is 1.76. The lowest BCUT2D eigenvalue weighted by Crippen LogP contribution is -2.23. The third kappa shape index (κ3) is 4.35. The highest BCUT2D eigenvalue weighted by molar-refractivity contribution is 6.31. The third-order valence-corrected chi connectivity index (χ3v) is 4.07. The number of amides is 1. The minimum Gasteiger partial charge on any atom is -0.486 e. The molecule has 0 unspecified atom stereocenters. The SMILES string of the molecule is Cn1ncc(Cl)c1CNC(=O)c1ccc(COc2ccc(Cl)cc2)o1. The highest BCUT2D eigenvalue weighted by Gasteiger charge is 2.13. The van der Waals surface area contributed by atoms with Crippen LogP contribution in [0.5, 0.6) is 5.75 Å². The number of aromatic nitrogens is 2. The summed E-state index contributed by atoms with van der Waals surface area (Å²) in [6.07, 6.45) is 1.53. The second-order valence-electron chi connectivity index (χ2n) is 5.25. The summed E-state index contributed by atoms with van der Waals surface area (Å²) in [4.78, 5) is 12.2. The zero-order valence-electron chi connectivity index (χ0n) is 13.3. The van der Waals surface area contributed by atoms with E-state index in [1.165, 1.54) is 6.20 Å². The summed E-state index contributed by atoms with van der Waals surface area (Å²) in [5, 5.41) is 7.89. The average Bonchev–Trinajstić information content (AvgIpc) is 3.20. The Morgan fingerprint density at radius 1 is 1.24 bits per heavy atom. The summed E-state index contributed by atoms with van der Waals surface area (Å²) in [6.45, 7) is 0.466. The molecule has 1 N–H and O–H groups in total. The fourth-order valence-electron chi connectivity index (χ4n) is 2.15. The minimum atomic E-state index is -0.338. The van der Waals surface area contributed by atoms with Gasteiger partial charge in [0.05, 0.1) is 23.5 Å². The molecule has 6 nitrogen and oxygen atoms in total. The van der Waals surface area contributed by atoms with Gasteiger partial charge in [0, 0.05) is 12.1 Å². The molecular formula is C17H15Cl2N3O3. The molecule has 0 fully saturated rings. The average molecular weight is 380 g/mol. The number of carbonyl (C=O) groups excluding carboxylic acids is 1. The Morgan fingerprint density at radius 2 is 2.00 bits per heavy atom. The normalized spacial score (nSPS) is 10.7. The molecule has 130 valence electrons. The van der Waals surface area contributed by atoms with E-state index in [9.17, 15) is 4.79 Å². The first-order valence-electron chi connectivity index (χ1n) is 7.44. The van der Waals surface area contributed by atoms with E-state index in [1.54, 1.807) is 48.1 Å². The number of halogens is 2. The largest absolute Gasteiger partial charge is 0.486 e. The van der Waals surface area contributed by atoms with Crippen molar-refractivity contribution in [1.29, 1.82) is 0 Å². The van der Waals surface area contributed by atoms with Crippen LogP contribution in [0.2, 0.25) is 10.0 Å². The van der Waals surface area contributed by atoms with Crippen molar-refractivity contribution in [2.24, 2.45) is 7.05 Å². The van der Waals surface area contributed by atoms with Crippen molar-refractivity contribution in [2.75, 3.05) is 0 Å².